The topological polar surface area (TPSA) is 128 Å². The highest BCUT2D eigenvalue weighted by Crippen LogP contribution is 2.39. The Hall–Kier alpha value is -3.29. The molecule has 2 aromatic heterocycles. The zero-order valence-corrected chi connectivity index (χ0v) is 12.8. The summed E-state index contributed by atoms with van der Waals surface area (Å²) in [4.78, 5) is 29.8. The maximum atomic E-state index is 11.9. The molecule has 24 heavy (non-hydrogen) atoms. The first-order chi connectivity index (χ1) is 11.4. The summed E-state index contributed by atoms with van der Waals surface area (Å²) in [7, 11) is 0. The number of carboxylic acids is 1. The van der Waals surface area contributed by atoms with E-state index in [0.717, 1.165) is 0 Å². The van der Waals surface area contributed by atoms with Crippen molar-refractivity contribution in [3.63, 3.8) is 0 Å². The number of rotatable bonds is 5. The van der Waals surface area contributed by atoms with Gasteiger partial charge in [-0.3, -0.25) is 14.2 Å². The number of aromatic nitrogens is 3. The van der Waals surface area contributed by atoms with Crippen molar-refractivity contribution in [2.75, 3.05) is 0 Å². The van der Waals surface area contributed by atoms with Gasteiger partial charge in [0, 0.05) is 5.69 Å². The third kappa shape index (κ3) is 2.47. The number of carbonyl (C=O) groups excluding carboxylic acids is 1. The Morgan fingerprint density at radius 2 is 2.04 bits per heavy atom. The first-order valence-corrected chi connectivity index (χ1v) is 7.22. The number of fused-ring (bicyclic) bond motifs is 1. The lowest BCUT2D eigenvalue weighted by atomic mass is 10.1. The van der Waals surface area contributed by atoms with Gasteiger partial charge in [-0.05, 0) is 31.5 Å². The highest BCUT2D eigenvalue weighted by atomic mass is 16.4. The Morgan fingerprint density at radius 3 is 2.71 bits per heavy atom. The molecular weight excluding hydrogens is 314 g/mol. The van der Waals surface area contributed by atoms with Crippen molar-refractivity contribution in [3.8, 4) is 17.3 Å². The van der Waals surface area contributed by atoms with Crippen molar-refractivity contribution >= 4 is 22.8 Å². The molecule has 0 saturated carbocycles. The van der Waals surface area contributed by atoms with E-state index in [-0.39, 0.29) is 24.1 Å². The molecule has 0 unspecified atom stereocenters. The minimum Gasteiger partial charge on any atom is -0.503 e. The first-order valence-electron chi connectivity index (χ1n) is 7.22. The molecule has 0 aliphatic rings. The van der Waals surface area contributed by atoms with Crippen molar-refractivity contribution in [2.24, 2.45) is 0 Å². The molecule has 0 bridgehead atoms. The number of aliphatic carboxylic acids is 1. The van der Waals surface area contributed by atoms with Crippen LogP contribution >= 0.6 is 0 Å². The summed E-state index contributed by atoms with van der Waals surface area (Å²) in [6.07, 6.45) is 1.27. The van der Waals surface area contributed by atoms with Crippen LogP contribution in [-0.2, 0) is 11.2 Å². The van der Waals surface area contributed by atoms with Gasteiger partial charge in [0.15, 0.2) is 11.5 Å². The molecule has 8 nitrogen and oxygen atoms in total. The molecule has 0 saturated heterocycles. The zero-order chi connectivity index (χ0) is 17.4. The van der Waals surface area contributed by atoms with Crippen LogP contribution in [0.3, 0.4) is 0 Å². The Labute approximate surface area is 136 Å². The predicted octanol–water partition coefficient (Wildman–Crippen LogP) is 1.98. The van der Waals surface area contributed by atoms with Gasteiger partial charge in [-0.2, -0.15) is 0 Å². The van der Waals surface area contributed by atoms with Crippen LogP contribution in [0.5, 0.6) is 11.6 Å². The normalized spacial score (nSPS) is 11.0. The second-order valence-electron chi connectivity index (χ2n) is 5.38. The number of H-pyrrole nitrogens is 1. The van der Waals surface area contributed by atoms with Crippen molar-refractivity contribution in [1.29, 1.82) is 0 Å². The van der Waals surface area contributed by atoms with Gasteiger partial charge in [0.1, 0.15) is 0 Å². The van der Waals surface area contributed by atoms with E-state index in [4.69, 9.17) is 5.11 Å². The summed E-state index contributed by atoms with van der Waals surface area (Å²) in [5, 5.41) is 29.3. The van der Waals surface area contributed by atoms with Gasteiger partial charge in [-0.1, -0.05) is 0 Å². The number of ketones is 1. The van der Waals surface area contributed by atoms with Crippen molar-refractivity contribution < 1.29 is 24.9 Å². The molecular formula is C16H15N3O5. The van der Waals surface area contributed by atoms with Crippen LogP contribution in [0.25, 0.3) is 16.7 Å². The van der Waals surface area contributed by atoms with E-state index >= 15 is 0 Å². The Morgan fingerprint density at radius 1 is 1.29 bits per heavy atom. The van der Waals surface area contributed by atoms with Crippen LogP contribution in [-0.4, -0.2) is 41.6 Å². The number of Topliss-reactive ketones (excluding diaryl/α,β-unsaturated/α-hetero) is 1. The fraction of sp³-hybridized carbons (Fsp3) is 0.188. The molecule has 0 amide bonds. The number of nitrogens with one attached hydrogen (secondary N) is 1. The molecule has 124 valence electrons. The second-order valence-corrected chi connectivity index (χ2v) is 5.38. The molecule has 3 aromatic rings. The highest BCUT2D eigenvalue weighted by molar-refractivity contribution is 5.99. The second kappa shape index (κ2) is 5.73. The highest BCUT2D eigenvalue weighted by Gasteiger charge is 2.26. The average molecular weight is 329 g/mol. The van der Waals surface area contributed by atoms with Crippen LogP contribution in [0.4, 0.5) is 0 Å². The number of benzene rings is 1. The maximum absolute atomic E-state index is 11.9. The molecule has 0 fully saturated rings. The summed E-state index contributed by atoms with van der Waals surface area (Å²) in [5.74, 6) is -2.54. The molecule has 8 heteroatoms. The lowest BCUT2D eigenvalue weighted by Crippen LogP contribution is -2.07. The number of carbonyl (C=O) groups is 2. The van der Waals surface area contributed by atoms with Crippen molar-refractivity contribution in [3.05, 3.63) is 35.8 Å². The quantitative estimate of drug-likeness (QED) is 0.530. The number of carboxylic acid groups (broad SMARTS) is 1. The summed E-state index contributed by atoms with van der Waals surface area (Å²) in [6, 6.07) is 5.07. The van der Waals surface area contributed by atoms with Gasteiger partial charge in [0.25, 0.3) is 0 Å². The monoisotopic (exact) mass is 329 g/mol. The van der Waals surface area contributed by atoms with Crippen LogP contribution < -0.4 is 0 Å². The van der Waals surface area contributed by atoms with E-state index < -0.39 is 23.4 Å². The van der Waals surface area contributed by atoms with Crippen LogP contribution in [0.15, 0.2) is 24.5 Å². The minimum absolute atomic E-state index is 0.0145. The number of aromatic amines is 1. The molecule has 0 aliphatic carbocycles. The van der Waals surface area contributed by atoms with E-state index in [1.165, 1.54) is 17.8 Å². The van der Waals surface area contributed by atoms with Gasteiger partial charge < -0.3 is 20.3 Å². The molecule has 3 rings (SSSR count). The summed E-state index contributed by atoms with van der Waals surface area (Å²) >= 11 is 0. The Bertz CT molecular complexity index is 954. The van der Waals surface area contributed by atoms with Gasteiger partial charge in [0.2, 0.25) is 5.88 Å². The number of aromatic hydroxyl groups is 2. The summed E-state index contributed by atoms with van der Waals surface area (Å²) < 4.78 is 1.29. The molecule has 1 aromatic carbocycles. The first kappa shape index (κ1) is 15.6. The number of hydrogen-bond acceptors (Lipinski definition) is 5. The molecule has 0 spiro atoms. The van der Waals surface area contributed by atoms with E-state index in [2.05, 4.69) is 9.97 Å². The largest absolute Gasteiger partial charge is 0.503 e. The maximum Gasteiger partial charge on any atom is 0.303 e. The molecule has 0 atom stereocenters. The van der Waals surface area contributed by atoms with E-state index in [0.29, 0.717) is 16.7 Å². The smallest absolute Gasteiger partial charge is 0.303 e. The predicted molar refractivity (Wildman–Crippen MR) is 84.7 cm³/mol. The third-order valence-electron chi connectivity index (χ3n) is 3.81. The van der Waals surface area contributed by atoms with Gasteiger partial charge in [-0.25, -0.2) is 4.98 Å². The van der Waals surface area contributed by atoms with Crippen molar-refractivity contribution in [2.45, 2.75) is 19.8 Å². The standard InChI is InChI=1S/C16H15N3O5/c1-8(20)14-12(4-5-13(21)22)19(16(24)15(14)23)9-2-3-10-11(6-9)18-7-17-10/h2-3,6-7,23-24H,4-5H2,1H3,(H,17,18)(H,21,22). The summed E-state index contributed by atoms with van der Waals surface area (Å²) in [5.41, 5.74) is 2.08. The fourth-order valence-electron chi connectivity index (χ4n) is 2.77. The molecule has 0 aliphatic heterocycles. The number of nitrogens with zero attached hydrogens (tertiary/aromatic N) is 2. The number of hydrogen-bond donors (Lipinski definition) is 4. The van der Waals surface area contributed by atoms with Crippen LogP contribution in [0, 0.1) is 0 Å². The molecule has 0 radical (unpaired) electrons. The SMILES string of the molecule is CC(=O)c1c(O)c(O)n(-c2ccc3nc[nH]c3c2)c1CCC(=O)O. The van der Waals surface area contributed by atoms with E-state index in [9.17, 15) is 19.8 Å². The summed E-state index contributed by atoms with van der Waals surface area (Å²) in [6.45, 7) is 1.25. The zero-order valence-electron chi connectivity index (χ0n) is 12.8. The average Bonchev–Trinajstić information content (AvgIpc) is 3.08. The fourth-order valence-corrected chi connectivity index (χ4v) is 2.77. The minimum atomic E-state index is -1.04. The Kier molecular flexibility index (Phi) is 3.72. The number of imidazole rings is 1. The van der Waals surface area contributed by atoms with Crippen molar-refractivity contribution in [1.82, 2.24) is 14.5 Å². The van der Waals surface area contributed by atoms with Crippen LogP contribution in [0.2, 0.25) is 0 Å². The van der Waals surface area contributed by atoms with E-state index in [1.54, 1.807) is 18.2 Å². The van der Waals surface area contributed by atoms with Gasteiger partial charge in [-0.15, -0.1) is 0 Å². The van der Waals surface area contributed by atoms with Gasteiger partial charge >= 0.3 is 5.97 Å². The molecule has 2 heterocycles. The Balaban J connectivity index is 2.22. The molecule has 4 N–H and O–H groups in total. The lowest BCUT2D eigenvalue weighted by molar-refractivity contribution is -0.137. The third-order valence-corrected chi connectivity index (χ3v) is 3.81. The van der Waals surface area contributed by atoms with Gasteiger partial charge in [0.05, 0.1) is 35.0 Å². The van der Waals surface area contributed by atoms with E-state index in [1.807, 2.05) is 0 Å². The lowest BCUT2D eigenvalue weighted by Gasteiger charge is -2.10. The van der Waals surface area contributed by atoms with Crippen LogP contribution in [0.1, 0.15) is 29.4 Å².